The summed E-state index contributed by atoms with van der Waals surface area (Å²) in [7, 11) is 0. The SMILES string of the molecule is Nc1cc(CC(O)c2ccc(Br)cc2Cl)ccn1. The van der Waals surface area contributed by atoms with Crippen molar-refractivity contribution in [3.8, 4) is 0 Å². The van der Waals surface area contributed by atoms with E-state index in [1.165, 1.54) is 0 Å². The van der Waals surface area contributed by atoms with Crippen LogP contribution in [0.5, 0.6) is 0 Å². The number of nitrogens with two attached hydrogens (primary N) is 1. The van der Waals surface area contributed by atoms with Crippen LogP contribution in [0.25, 0.3) is 0 Å². The molecule has 2 rings (SSSR count). The Labute approximate surface area is 119 Å². The molecule has 0 amide bonds. The maximum atomic E-state index is 10.2. The van der Waals surface area contributed by atoms with Crippen LogP contribution >= 0.6 is 27.5 Å². The van der Waals surface area contributed by atoms with Gasteiger partial charge in [0.25, 0.3) is 0 Å². The minimum absolute atomic E-state index is 0.446. The number of halogens is 2. The van der Waals surface area contributed by atoms with Gasteiger partial charge < -0.3 is 10.8 Å². The molecule has 1 heterocycles. The number of anilines is 1. The maximum absolute atomic E-state index is 10.2. The first-order valence-electron chi connectivity index (χ1n) is 5.39. The first kappa shape index (κ1) is 13.3. The van der Waals surface area contributed by atoms with Crippen LogP contribution in [0.1, 0.15) is 17.2 Å². The lowest BCUT2D eigenvalue weighted by Gasteiger charge is -2.13. The van der Waals surface area contributed by atoms with Gasteiger partial charge in [-0.05, 0) is 35.4 Å². The van der Waals surface area contributed by atoms with E-state index in [0.29, 0.717) is 22.8 Å². The average Bonchev–Trinajstić information content (AvgIpc) is 2.28. The highest BCUT2D eigenvalue weighted by atomic mass is 79.9. The van der Waals surface area contributed by atoms with Crippen LogP contribution in [0.3, 0.4) is 0 Å². The van der Waals surface area contributed by atoms with Crippen LogP contribution in [0.4, 0.5) is 5.82 Å². The molecule has 1 aromatic carbocycles. The number of nitrogen functional groups attached to an aromatic ring is 1. The van der Waals surface area contributed by atoms with Gasteiger partial charge in [0, 0.05) is 22.1 Å². The highest BCUT2D eigenvalue weighted by molar-refractivity contribution is 9.10. The van der Waals surface area contributed by atoms with Crippen molar-refractivity contribution in [1.82, 2.24) is 4.98 Å². The number of hydrogen-bond donors (Lipinski definition) is 2. The van der Waals surface area contributed by atoms with E-state index in [4.69, 9.17) is 17.3 Å². The molecule has 2 aromatic rings. The Bertz CT molecular complexity index is 562. The number of rotatable bonds is 3. The second-order valence-corrected chi connectivity index (χ2v) is 5.30. The molecule has 0 fully saturated rings. The number of pyridine rings is 1. The van der Waals surface area contributed by atoms with Crippen molar-refractivity contribution < 1.29 is 5.11 Å². The molecular formula is C13H12BrClN2O. The fourth-order valence-corrected chi connectivity index (χ4v) is 2.53. The summed E-state index contributed by atoms with van der Waals surface area (Å²) in [5, 5.41) is 10.7. The fourth-order valence-electron chi connectivity index (χ4n) is 1.73. The first-order chi connectivity index (χ1) is 8.56. The lowest BCUT2D eigenvalue weighted by molar-refractivity contribution is 0.178. The molecule has 0 radical (unpaired) electrons. The summed E-state index contributed by atoms with van der Waals surface area (Å²) in [6.45, 7) is 0. The topological polar surface area (TPSA) is 59.1 Å². The molecule has 0 aliphatic rings. The van der Waals surface area contributed by atoms with Gasteiger partial charge in [-0.1, -0.05) is 33.6 Å². The molecule has 0 aliphatic carbocycles. The van der Waals surface area contributed by atoms with Gasteiger partial charge in [-0.15, -0.1) is 0 Å². The van der Waals surface area contributed by atoms with Gasteiger partial charge in [-0.3, -0.25) is 0 Å². The fraction of sp³-hybridized carbons (Fsp3) is 0.154. The van der Waals surface area contributed by atoms with E-state index in [1.807, 2.05) is 18.2 Å². The summed E-state index contributed by atoms with van der Waals surface area (Å²) in [6.07, 6.45) is 1.42. The lowest BCUT2D eigenvalue weighted by atomic mass is 10.0. The highest BCUT2D eigenvalue weighted by Gasteiger charge is 2.12. The molecule has 1 atom stereocenters. The smallest absolute Gasteiger partial charge is 0.123 e. The highest BCUT2D eigenvalue weighted by Crippen LogP contribution is 2.28. The standard InChI is InChI=1S/C13H12BrClN2O/c14-9-1-2-10(11(15)7-9)12(18)5-8-3-4-17-13(16)6-8/h1-4,6-7,12,18H,5H2,(H2,16,17). The summed E-state index contributed by atoms with van der Waals surface area (Å²) in [6, 6.07) is 9.00. The molecule has 0 saturated carbocycles. The van der Waals surface area contributed by atoms with Crippen molar-refractivity contribution in [1.29, 1.82) is 0 Å². The maximum Gasteiger partial charge on any atom is 0.123 e. The van der Waals surface area contributed by atoms with Gasteiger partial charge >= 0.3 is 0 Å². The predicted molar refractivity (Wildman–Crippen MR) is 76.5 cm³/mol. The number of aromatic nitrogens is 1. The molecule has 18 heavy (non-hydrogen) atoms. The minimum Gasteiger partial charge on any atom is -0.388 e. The summed E-state index contributed by atoms with van der Waals surface area (Å²) >= 11 is 9.43. The normalized spacial score (nSPS) is 12.4. The van der Waals surface area contributed by atoms with Crippen molar-refractivity contribution in [3.63, 3.8) is 0 Å². The van der Waals surface area contributed by atoms with E-state index in [9.17, 15) is 5.11 Å². The van der Waals surface area contributed by atoms with Gasteiger partial charge in [0.15, 0.2) is 0 Å². The van der Waals surface area contributed by atoms with Crippen LogP contribution in [-0.4, -0.2) is 10.1 Å². The molecule has 1 unspecified atom stereocenters. The Kier molecular flexibility index (Phi) is 4.22. The number of aliphatic hydroxyl groups is 1. The number of aliphatic hydroxyl groups excluding tert-OH is 1. The molecule has 3 N–H and O–H groups in total. The number of nitrogens with zero attached hydrogens (tertiary/aromatic N) is 1. The van der Waals surface area contributed by atoms with Crippen LogP contribution < -0.4 is 5.73 Å². The molecule has 94 valence electrons. The van der Waals surface area contributed by atoms with Crippen molar-refractivity contribution in [2.45, 2.75) is 12.5 Å². The third kappa shape index (κ3) is 3.22. The van der Waals surface area contributed by atoms with E-state index in [-0.39, 0.29) is 0 Å². The third-order valence-corrected chi connectivity index (χ3v) is 3.42. The molecule has 3 nitrogen and oxygen atoms in total. The van der Waals surface area contributed by atoms with Crippen LogP contribution in [0.2, 0.25) is 5.02 Å². The van der Waals surface area contributed by atoms with Gasteiger partial charge in [0.05, 0.1) is 6.10 Å². The summed E-state index contributed by atoms with van der Waals surface area (Å²) in [5.74, 6) is 0.446. The van der Waals surface area contributed by atoms with E-state index < -0.39 is 6.10 Å². The molecule has 5 heteroatoms. The van der Waals surface area contributed by atoms with Crippen molar-refractivity contribution in [2.75, 3.05) is 5.73 Å². The van der Waals surface area contributed by atoms with Crippen LogP contribution in [0.15, 0.2) is 41.0 Å². The summed E-state index contributed by atoms with van der Waals surface area (Å²) < 4.78 is 0.886. The second kappa shape index (κ2) is 5.69. The minimum atomic E-state index is -0.660. The van der Waals surface area contributed by atoms with Crippen molar-refractivity contribution in [2.24, 2.45) is 0 Å². The Balaban J connectivity index is 2.19. The third-order valence-electron chi connectivity index (χ3n) is 2.60. The predicted octanol–water partition coefficient (Wildman–Crippen LogP) is 3.36. The van der Waals surface area contributed by atoms with Crippen LogP contribution in [-0.2, 0) is 6.42 Å². The zero-order valence-electron chi connectivity index (χ0n) is 9.48. The number of hydrogen-bond acceptors (Lipinski definition) is 3. The Hall–Kier alpha value is -1.10. The Morgan fingerprint density at radius 1 is 1.33 bits per heavy atom. The summed E-state index contributed by atoms with van der Waals surface area (Å²) in [4.78, 5) is 3.91. The molecule has 1 aromatic heterocycles. The Morgan fingerprint density at radius 2 is 2.11 bits per heavy atom. The molecule has 0 spiro atoms. The molecule has 0 bridgehead atoms. The van der Waals surface area contributed by atoms with Crippen molar-refractivity contribution >= 4 is 33.3 Å². The van der Waals surface area contributed by atoms with E-state index >= 15 is 0 Å². The van der Waals surface area contributed by atoms with Gasteiger partial charge in [-0.25, -0.2) is 4.98 Å². The zero-order chi connectivity index (χ0) is 13.1. The van der Waals surface area contributed by atoms with Crippen LogP contribution in [0, 0.1) is 0 Å². The van der Waals surface area contributed by atoms with Gasteiger partial charge in [-0.2, -0.15) is 0 Å². The number of benzene rings is 1. The zero-order valence-corrected chi connectivity index (χ0v) is 11.8. The van der Waals surface area contributed by atoms with Gasteiger partial charge in [0.2, 0.25) is 0 Å². The molecule has 0 aliphatic heterocycles. The van der Waals surface area contributed by atoms with E-state index in [2.05, 4.69) is 20.9 Å². The monoisotopic (exact) mass is 326 g/mol. The van der Waals surface area contributed by atoms with Gasteiger partial charge in [0.1, 0.15) is 5.82 Å². The Morgan fingerprint density at radius 3 is 2.78 bits per heavy atom. The summed E-state index contributed by atoms with van der Waals surface area (Å²) in [5.41, 5.74) is 7.23. The van der Waals surface area contributed by atoms with Crippen molar-refractivity contribution in [3.05, 3.63) is 57.2 Å². The second-order valence-electron chi connectivity index (χ2n) is 3.97. The molecular weight excluding hydrogens is 316 g/mol. The first-order valence-corrected chi connectivity index (χ1v) is 6.57. The molecule has 0 saturated heterocycles. The largest absolute Gasteiger partial charge is 0.388 e. The van der Waals surface area contributed by atoms with E-state index in [1.54, 1.807) is 18.3 Å². The lowest BCUT2D eigenvalue weighted by Crippen LogP contribution is -2.03. The quantitative estimate of drug-likeness (QED) is 0.909. The average molecular weight is 328 g/mol. The van der Waals surface area contributed by atoms with E-state index in [0.717, 1.165) is 10.0 Å².